The number of rotatable bonds is 9. The Hall–Kier alpha value is -2.07. The van der Waals surface area contributed by atoms with Crippen molar-refractivity contribution in [2.24, 2.45) is 5.16 Å². The van der Waals surface area contributed by atoms with E-state index in [1.807, 2.05) is 30.3 Å². The van der Waals surface area contributed by atoms with Crippen LogP contribution in [0.3, 0.4) is 0 Å². The lowest BCUT2D eigenvalue weighted by atomic mass is 10.0. The van der Waals surface area contributed by atoms with Gasteiger partial charge in [0.15, 0.2) is 0 Å². The van der Waals surface area contributed by atoms with Gasteiger partial charge in [-0.15, -0.1) is 0 Å². The lowest BCUT2D eigenvalue weighted by Gasteiger charge is -2.06. The first-order valence-electron chi connectivity index (χ1n) is 8.33. The van der Waals surface area contributed by atoms with Crippen molar-refractivity contribution in [1.29, 1.82) is 0 Å². The fourth-order valence-electron chi connectivity index (χ4n) is 2.39. The average molecular weight is 341 g/mol. The van der Waals surface area contributed by atoms with Gasteiger partial charge in [0.1, 0.15) is 5.71 Å². The van der Waals surface area contributed by atoms with Gasteiger partial charge in [-0.25, -0.2) is 0 Å². The number of nitrogens with zero attached hydrogens (tertiary/aromatic N) is 1. The fraction of sp³-hybridized carbons (Fsp3) is 0.300. The Bertz CT molecular complexity index is 666. The second-order valence-corrected chi connectivity index (χ2v) is 6.77. The van der Waals surface area contributed by atoms with Gasteiger partial charge in [-0.1, -0.05) is 61.3 Å². The molecule has 0 radical (unpaired) electrons. The minimum absolute atomic E-state index is 0.190. The van der Waals surface area contributed by atoms with Gasteiger partial charge in [-0.3, -0.25) is 4.79 Å². The van der Waals surface area contributed by atoms with Crippen molar-refractivity contribution in [3.63, 3.8) is 0 Å². The molecule has 0 aliphatic heterocycles. The van der Waals surface area contributed by atoms with Gasteiger partial charge in [-0.2, -0.15) is 0 Å². The van der Waals surface area contributed by atoms with Crippen LogP contribution < -0.4 is 0 Å². The highest BCUT2D eigenvalue weighted by Crippen LogP contribution is 2.27. The van der Waals surface area contributed by atoms with Crippen molar-refractivity contribution < 1.29 is 10.0 Å². The van der Waals surface area contributed by atoms with Crippen LogP contribution in [-0.4, -0.2) is 16.7 Å². The van der Waals surface area contributed by atoms with E-state index in [0.717, 1.165) is 35.5 Å². The number of carbonyl (C=O) groups is 1. The van der Waals surface area contributed by atoms with Crippen molar-refractivity contribution in [2.75, 3.05) is 0 Å². The number of Topliss-reactive ketones (excluding diaryl/α,β-unsaturated/α-hetero) is 1. The van der Waals surface area contributed by atoms with Crippen LogP contribution in [0.2, 0.25) is 0 Å². The zero-order valence-corrected chi connectivity index (χ0v) is 14.8. The third kappa shape index (κ3) is 5.53. The molecule has 1 N–H and O–H groups in total. The Morgan fingerprint density at radius 3 is 2.25 bits per heavy atom. The van der Waals surface area contributed by atoms with E-state index in [1.165, 1.54) is 0 Å². The topological polar surface area (TPSA) is 49.7 Å². The van der Waals surface area contributed by atoms with Crippen LogP contribution in [-0.2, 0) is 0 Å². The van der Waals surface area contributed by atoms with E-state index < -0.39 is 0 Å². The SMILES string of the molecule is CCCCCC/C(=N\O)C(=O)c1ccc(Sc2ccccc2)cc1. The predicted octanol–water partition coefficient (Wildman–Crippen LogP) is 5.82. The Balaban J connectivity index is 1.97. The van der Waals surface area contributed by atoms with Crippen LogP contribution in [0.25, 0.3) is 0 Å². The highest BCUT2D eigenvalue weighted by Gasteiger charge is 2.14. The molecule has 0 aliphatic carbocycles. The summed E-state index contributed by atoms with van der Waals surface area (Å²) in [4.78, 5) is 14.6. The summed E-state index contributed by atoms with van der Waals surface area (Å²) >= 11 is 1.65. The second-order valence-electron chi connectivity index (χ2n) is 5.63. The molecule has 0 fully saturated rings. The molecule has 0 amide bonds. The zero-order chi connectivity index (χ0) is 17.2. The molecule has 0 spiro atoms. The van der Waals surface area contributed by atoms with E-state index in [1.54, 1.807) is 23.9 Å². The number of oxime groups is 1. The standard InChI is InChI=1S/C20H23NO2S/c1-2-3-4-8-11-19(21-23)20(22)16-12-14-18(15-13-16)24-17-9-6-5-7-10-17/h5-7,9-10,12-15,23H,2-4,8,11H2,1H3/b21-19+. The van der Waals surface area contributed by atoms with Gasteiger partial charge in [-0.05, 0) is 49.2 Å². The molecule has 2 aromatic carbocycles. The summed E-state index contributed by atoms with van der Waals surface area (Å²) in [6.45, 7) is 2.14. The zero-order valence-electron chi connectivity index (χ0n) is 13.9. The lowest BCUT2D eigenvalue weighted by Crippen LogP contribution is -2.14. The fourth-order valence-corrected chi connectivity index (χ4v) is 3.23. The van der Waals surface area contributed by atoms with E-state index in [0.29, 0.717) is 12.0 Å². The monoisotopic (exact) mass is 341 g/mol. The molecular formula is C20H23NO2S. The van der Waals surface area contributed by atoms with E-state index in [9.17, 15) is 4.79 Å². The third-order valence-corrected chi connectivity index (χ3v) is 4.76. The highest BCUT2D eigenvalue weighted by molar-refractivity contribution is 7.99. The summed E-state index contributed by atoms with van der Waals surface area (Å²) in [7, 11) is 0. The second kappa shape index (κ2) is 9.93. The number of carbonyl (C=O) groups excluding carboxylic acids is 1. The van der Waals surface area contributed by atoms with E-state index >= 15 is 0 Å². The molecule has 4 heteroatoms. The van der Waals surface area contributed by atoms with Crippen LogP contribution in [0.5, 0.6) is 0 Å². The first kappa shape index (κ1) is 18.3. The molecule has 0 bridgehead atoms. The predicted molar refractivity (Wildman–Crippen MR) is 99.3 cm³/mol. The van der Waals surface area contributed by atoms with Crippen molar-refractivity contribution in [2.45, 2.75) is 48.8 Å². The number of unbranched alkanes of at least 4 members (excludes halogenated alkanes) is 3. The van der Waals surface area contributed by atoms with Crippen LogP contribution in [0.4, 0.5) is 0 Å². The van der Waals surface area contributed by atoms with Gasteiger partial charge in [0, 0.05) is 15.4 Å². The van der Waals surface area contributed by atoms with Gasteiger partial charge in [0.2, 0.25) is 5.78 Å². The van der Waals surface area contributed by atoms with Crippen LogP contribution >= 0.6 is 11.8 Å². The smallest absolute Gasteiger partial charge is 0.210 e. The molecule has 126 valence electrons. The van der Waals surface area contributed by atoms with Crippen molar-refractivity contribution in [1.82, 2.24) is 0 Å². The van der Waals surface area contributed by atoms with Crippen molar-refractivity contribution in [3.8, 4) is 0 Å². The summed E-state index contributed by atoms with van der Waals surface area (Å²) in [5.74, 6) is -0.190. The molecule has 0 heterocycles. The minimum atomic E-state index is -0.190. The molecule has 3 nitrogen and oxygen atoms in total. The highest BCUT2D eigenvalue weighted by atomic mass is 32.2. The van der Waals surface area contributed by atoms with Crippen LogP contribution in [0.1, 0.15) is 49.4 Å². The largest absolute Gasteiger partial charge is 0.411 e. The summed E-state index contributed by atoms with van der Waals surface area (Å²) in [6.07, 6.45) is 4.73. The van der Waals surface area contributed by atoms with Gasteiger partial charge >= 0.3 is 0 Å². The molecule has 0 atom stereocenters. The van der Waals surface area contributed by atoms with Crippen LogP contribution in [0, 0.1) is 0 Å². The van der Waals surface area contributed by atoms with Gasteiger partial charge in [0.25, 0.3) is 0 Å². The molecule has 24 heavy (non-hydrogen) atoms. The number of hydrogen-bond donors (Lipinski definition) is 1. The minimum Gasteiger partial charge on any atom is -0.411 e. The van der Waals surface area contributed by atoms with Crippen molar-refractivity contribution in [3.05, 3.63) is 60.2 Å². The molecule has 0 saturated heterocycles. The maximum atomic E-state index is 12.4. The Morgan fingerprint density at radius 1 is 0.958 bits per heavy atom. The number of benzene rings is 2. The van der Waals surface area contributed by atoms with E-state index in [2.05, 4.69) is 24.2 Å². The maximum Gasteiger partial charge on any atom is 0.210 e. The molecular weight excluding hydrogens is 318 g/mol. The quantitative estimate of drug-likeness (QED) is 0.205. The molecule has 0 unspecified atom stereocenters. The molecule has 2 aromatic rings. The molecule has 0 saturated carbocycles. The Morgan fingerprint density at radius 2 is 1.62 bits per heavy atom. The lowest BCUT2D eigenvalue weighted by molar-refractivity contribution is 0.105. The Kier molecular flexibility index (Phi) is 7.56. The van der Waals surface area contributed by atoms with E-state index in [-0.39, 0.29) is 11.5 Å². The summed E-state index contributed by atoms with van der Waals surface area (Å²) in [5, 5.41) is 12.3. The van der Waals surface area contributed by atoms with E-state index in [4.69, 9.17) is 5.21 Å². The summed E-state index contributed by atoms with van der Waals surface area (Å²) in [5.41, 5.74) is 0.810. The first-order valence-corrected chi connectivity index (χ1v) is 9.15. The third-order valence-electron chi connectivity index (χ3n) is 3.75. The number of ketones is 1. The molecule has 2 rings (SSSR count). The van der Waals surface area contributed by atoms with Gasteiger partial charge in [0.05, 0.1) is 0 Å². The molecule has 0 aliphatic rings. The maximum absolute atomic E-state index is 12.4. The van der Waals surface area contributed by atoms with Crippen LogP contribution in [0.15, 0.2) is 69.5 Å². The van der Waals surface area contributed by atoms with Crippen molar-refractivity contribution >= 4 is 23.3 Å². The first-order chi connectivity index (χ1) is 11.7. The summed E-state index contributed by atoms with van der Waals surface area (Å²) in [6, 6.07) is 17.5. The average Bonchev–Trinajstić information content (AvgIpc) is 2.63. The Labute approximate surface area is 147 Å². The van der Waals surface area contributed by atoms with Gasteiger partial charge < -0.3 is 5.21 Å². The number of hydrogen-bond acceptors (Lipinski definition) is 4. The summed E-state index contributed by atoms with van der Waals surface area (Å²) < 4.78 is 0. The molecule has 0 aromatic heterocycles. The normalized spacial score (nSPS) is 11.5.